The summed E-state index contributed by atoms with van der Waals surface area (Å²) in [7, 11) is 0. The fraction of sp³-hybridized carbons (Fsp3) is 0.174. The van der Waals surface area contributed by atoms with E-state index in [-0.39, 0.29) is 36.5 Å². The number of imidazole rings is 1. The van der Waals surface area contributed by atoms with Crippen molar-refractivity contribution in [2.75, 3.05) is 6.54 Å². The lowest BCUT2D eigenvalue weighted by molar-refractivity contribution is -0.126. The zero-order valence-corrected chi connectivity index (χ0v) is 16.5. The van der Waals surface area contributed by atoms with Gasteiger partial charge in [0, 0.05) is 0 Å². The molecule has 0 fully saturated rings. The zero-order valence-electron chi connectivity index (χ0n) is 16.5. The van der Waals surface area contributed by atoms with Crippen LogP contribution in [0.1, 0.15) is 24.1 Å². The van der Waals surface area contributed by atoms with E-state index in [4.69, 9.17) is 0 Å². The minimum atomic E-state index is -0.281. The number of aromatic amines is 2. The largest absolute Gasteiger partial charge is 0.348 e. The average Bonchev–Trinajstić information content (AvgIpc) is 3.11. The van der Waals surface area contributed by atoms with Gasteiger partial charge in [0.2, 0.25) is 11.8 Å². The number of aromatic nitrogens is 2. The predicted octanol–water partition coefficient (Wildman–Crippen LogP) is 2.55. The molecule has 1 unspecified atom stereocenters. The number of rotatable bonds is 6. The molecule has 3 aromatic carbocycles. The number of hydrogen-bond acceptors (Lipinski definition) is 3. The van der Waals surface area contributed by atoms with Crippen LogP contribution in [-0.2, 0) is 16.0 Å². The molecule has 1 aromatic heterocycles. The first-order valence-corrected chi connectivity index (χ1v) is 9.74. The van der Waals surface area contributed by atoms with Crippen LogP contribution in [0, 0.1) is 0 Å². The van der Waals surface area contributed by atoms with Crippen LogP contribution in [0.5, 0.6) is 0 Å². The van der Waals surface area contributed by atoms with Crippen LogP contribution in [-0.4, -0.2) is 28.3 Å². The number of hydrogen-bond donors (Lipinski definition) is 4. The van der Waals surface area contributed by atoms with E-state index in [1.807, 2.05) is 61.5 Å². The lowest BCUT2D eigenvalue weighted by Crippen LogP contribution is -2.38. The lowest BCUT2D eigenvalue weighted by Gasteiger charge is -2.15. The Bertz CT molecular complexity index is 1280. The number of carbonyl (C=O) groups excluding carboxylic acids is 2. The highest BCUT2D eigenvalue weighted by Crippen LogP contribution is 2.19. The molecule has 0 aliphatic heterocycles. The van der Waals surface area contributed by atoms with Gasteiger partial charge < -0.3 is 20.6 Å². The van der Waals surface area contributed by atoms with E-state index in [1.165, 1.54) is 0 Å². The van der Waals surface area contributed by atoms with Crippen LogP contribution < -0.4 is 16.3 Å². The summed E-state index contributed by atoms with van der Waals surface area (Å²) in [4.78, 5) is 41.4. The molecule has 0 aliphatic carbocycles. The molecule has 7 nitrogen and oxygen atoms in total. The number of nitrogens with one attached hydrogen (secondary N) is 4. The monoisotopic (exact) mass is 402 g/mol. The number of amides is 2. The third-order valence-electron chi connectivity index (χ3n) is 5.09. The molecule has 4 N–H and O–H groups in total. The molecule has 0 spiro atoms. The van der Waals surface area contributed by atoms with E-state index in [2.05, 4.69) is 20.6 Å². The summed E-state index contributed by atoms with van der Waals surface area (Å²) in [5.41, 5.74) is 2.90. The van der Waals surface area contributed by atoms with Gasteiger partial charge in [-0.3, -0.25) is 9.59 Å². The van der Waals surface area contributed by atoms with Crippen molar-refractivity contribution in [3.8, 4) is 0 Å². The number of benzene rings is 3. The van der Waals surface area contributed by atoms with Gasteiger partial charge >= 0.3 is 5.69 Å². The highest BCUT2D eigenvalue weighted by atomic mass is 16.2. The van der Waals surface area contributed by atoms with Crippen LogP contribution in [0.25, 0.3) is 21.8 Å². The highest BCUT2D eigenvalue weighted by Gasteiger charge is 2.13. The van der Waals surface area contributed by atoms with Gasteiger partial charge in [0.1, 0.15) is 0 Å². The Kier molecular flexibility index (Phi) is 5.34. The summed E-state index contributed by atoms with van der Waals surface area (Å²) in [6.07, 6.45) is 0.210. The molecule has 1 heterocycles. The maximum absolute atomic E-state index is 12.3. The van der Waals surface area contributed by atoms with E-state index in [1.54, 1.807) is 6.07 Å². The van der Waals surface area contributed by atoms with Gasteiger partial charge in [-0.2, -0.15) is 0 Å². The van der Waals surface area contributed by atoms with Gasteiger partial charge in [0.15, 0.2) is 0 Å². The second kappa shape index (κ2) is 8.24. The molecule has 30 heavy (non-hydrogen) atoms. The summed E-state index contributed by atoms with van der Waals surface area (Å²) in [5.74, 6) is -0.489. The third kappa shape index (κ3) is 4.25. The van der Waals surface area contributed by atoms with E-state index >= 15 is 0 Å². The Balaban J connectivity index is 1.33. The highest BCUT2D eigenvalue weighted by molar-refractivity contribution is 5.91. The molecule has 7 heteroatoms. The first kappa shape index (κ1) is 19.4. The van der Waals surface area contributed by atoms with Gasteiger partial charge in [0.05, 0.1) is 30.0 Å². The lowest BCUT2D eigenvalue weighted by atomic mass is 10.0. The summed E-state index contributed by atoms with van der Waals surface area (Å²) < 4.78 is 0. The average molecular weight is 402 g/mol. The number of fused-ring (bicyclic) bond motifs is 2. The Morgan fingerprint density at radius 3 is 2.57 bits per heavy atom. The molecule has 0 saturated carbocycles. The van der Waals surface area contributed by atoms with Gasteiger partial charge in [0.25, 0.3) is 0 Å². The molecule has 0 bridgehead atoms. The van der Waals surface area contributed by atoms with E-state index < -0.39 is 0 Å². The van der Waals surface area contributed by atoms with Crippen molar-refractivity contribution in [2.45, 2.75) is 19.4 Å². The van der Waals surface area contributed by atoms with Gasteiger partial charge in [-0.1, -0.05) is 48.5 Å². The van der Waals surface area contributed by atoms with Crippen LogP contribution >= 0.6 is 0 Å². The maximum Gasteiger partial charge on any atom is 0.323 e. The smallest absolute Gasteiger partial charge is 0.323 e. The molecule has 0 radical (unpaired) electrons. The van der Waals surface area contributed by atoms with Crippen molar-refractivity contribution in [3.63, 3.8) is 0 Å². The minimum absolute atomic E-state index is 0.100. The van der Waals surface area contributed by atoms with E-state index in [0.717, 1.165) is 21.9 Å². The first-order chi connectivity index (χ1) is 14.5. The fourth-order valence-corrected chi connectivity index (χ4v) is 3.56. The van der Waals surface area contributed by atoms with Crippen molar-refractivity contribution in [1.29, 1.82) is 0 Å². The fourth-order valence-electron chi connectivity index (χ4n) is 3.56. The summed E-state index contributed by atoms with van der Waals surface area (Å²) in [6.45, 7) is 1.75. The number of H-pyrrole nitrogens is 2. The molecule has 0 aliphatic rings. The summed E-state index contributed by atoms with van der Waals surface area (Å²) in [6, 6.07) is 18.9. The normalized spacial score (nSPS) is 12.0. The van der Waals surface area contributed by atoms with Gasteiger partial charge in [-0.25, -0.2) is 4.79 Å². The van der Waals surface area contributed by atoms with Gasteiger partial charge in [-0.15, -0.1) is 0 Å². The molecular formula is C23H22N4O3. The van der Waals surface area contributed by atoms with E-state index in [0.29, 0.717) is 11.0 Å². The van der Waals surface area contributed by atoms with Crippen LogP contribution in [0.15, 0.2) is 65.5 Å². The molecule has 1 atom stereocenters. The standard InChI is InChI=1S/C23H22N4O3/c1-14(16-9-10-19-20(11-16)27-23(30)26-19)25-22(29)13-24-21(28)12-17-7-4-6-15-5-2-3-8-18(15)17/h2-11,14H,12-13H2,1H3,(H,24,28)(H,25,29)(H2,26,27,30). The topological polar surface area (TPSA) is 107 Å². The quantitative estimate of drug-likeness (QED) is 0.398. The van der Waals surface area contributed by atoms with Crippen LogP contribution in [0.2, 0.25) is 0 Å². The van der Waals surface area contributed by atoms with Crippen molar-refractivity contribution in [1.82, 2.24) is 20.6 Å². The third-order valence-corrected chi connectivity index (χ3v) is 5.09. The van der Waals surface area contributed by atoms with Crippen molar-refractivity contribution in [3.05, 3.63) is 82.3 Å². The minimum Gasteiger partial charge on any atom is -0.348 e. The molecule has 4 aromatic rings. The van der Waals surface area contributed by atoms with Gasteiger partial charge in [-0.05, 0) is 41.0 Å². The van der Waals surface area contributed by atoms with Crippen LogP contribution in [0.4, 0.5) is 0 Å². The Morgan fingerprint density at radius 2 is 1.70 bits per heavy atom. The van der Waals surface area contributed by atoms with Crippen molar-refractivity contribution >= 4 is 33.6 Å². The maximum atomic E-state index is 12.3. The zero-order chi connectivity index (χ0) is 21.1. The first-order valence-electron chi connectivity index (χ1n) is 9.74. The SMILES string of the molecule is CC(NC(=O)CNC(=O)Cc1cccc2ccccc12)c1ccc2[nH]c(=O)[nH]c2c1. The number of carbonyl (C=O) groups is 2. The molecule has 4 rings (SSSR count). The Labute approximate surface area is 172 Å². The molecule has 2 amide bonds. The van der Waals surface area contributed by atoms with Crippen LogP contribution in [0.3, 0.4) is 0 Å². The Morgan fingerprint density at radius 1 is 0.933 bits per heavy atom. The van der Waals surface area contributed by atoms with Crippen molar-refractivity contribution < 1.29 is 9.59 Å². The van der Waals surface area contributed by atoms with Crippen molar-refractivity contribution in [2.24, 2.45) is 0 Å². The summed E-state index contributed by atoms with van der Waals surface area (Å²) >= 11 is 0. The Hall–Kier alpha value is -3.87. The molecule has 152 valence electrons. The van der Waals surface area contributed by atoms with E-state index in [9.17, 15) is 14.4 Å². The second-order valence-corrected chi connectivity index (χ2v) is 7.27. The second-order valence-electron chi connectivity index (χ2n) is 7.27. The molecular weight excluding hydrogens is 380 g/mol. The predicted molar refractivity (Wildman–Crippen MR) is 116 cm³/mol. The summed E-state index contributed by atoms with van der Waals surface area (Å²) in [5, 5.41) is 7.66. The molecule has 0 saturated heterocycles.